The molecule has 1 atom stereocenters. The molecule has 1 heterocycles. The van der Waals surface area contributed by atoms with Gasteiger partial charge in [0, 0.05) is 30.2 Å². The molecule has 160 valence electrons. The van der Waals surface area contributed by atoms with Gasteiger partial charge in [0.1, 0.15) is 0 Å². The topological polar surface area (TPSA) is 42.0 Å². The summed E-state index contributed by atoms with van der Waals surface area (Å²) in [5, 5.41) is 0.760. The molecular weight excluding hydrogens is 400 g/mol. The first kappa shape index (κ1) is 21.0. The fourth-order valence-corrected chi connectivity index (χ4v) is 4.63. The van der Waals surface area contributed by atoms with Crippen LogP contribution in [0.5, 0.6) is 11.5 Å². The van der Waals surface area contributed by atoms with Crippen LogP contribution < -0.4 is 9.47 Å². The van der Waals surface area contributed by atoms with E-state index in [2.05, 4.69) is 17.9 Å². The zero-order chi connectivity index (χ0) is 21.3. The molecule has 1 saturated carbocycles. The predicted molar refractivity (Wildman–Crippen MR) is 118 cm³/mol. The maximum absolute atomic E-state index is 13.2. The van der Waals surface area contributed by atoms with Crippen molar-refractivity contribution in [2.45, 2.75) is 44.8 Å². The highest BCUT2D eigenvalue weighted by Gasteiger charge is 2.36. The van der Waals surface area contributed by atoms with Crippen LogP contribution in [0.3, 0.4) is 0 Å². The fraction of sp³-hybridized carbons (Fsp3) is 0.458. The Labute approximate surface area is 183 Å². The standard InChI is InChI=1S/C24H29ClN2O3/c1-16(20-6-4-5-7-21(20)25)27(19-8-9-19)15-24(28)26-11-10-17-12-22(29-2)23(30-3)13-18(17)14-26/h4-7,12-13,16,19H,8-11,14-15H2,1-3H3. The monoisotopic (exact) mass is 428 g/mol. The predicted octanol–water partition coefficient (Wildman–Crippen LogP) is 4.47. The Hall–Kier alpha value is -2.24. The van der Waals surface area contributed by atoms with Crippen LogP contribution >= 0.6 is 11.6 Å². The smallest absolute Gasteiger partial charge is 0.237 e. The number of carbonyl (C=O) groups is 1. The molecular formula is C24H29ClN2O3. The van der Waals surface area contributed by atoms with Crippen molar-refractivity contribution in [1.29, 1.82) is 0 Å². The molecule has 6 heteroatoms. The Balaban J connectivity index is 1.49. The van der Waals surface area contributed by atoms with E-state index in [-0.39, 0.29) is 11.9 Å². The van der Waals surface area contributed by atoms with E-state index >= 15 is 0 Å². The van der Waals surface area contributed by atoms with Gasteiger partial charge in [-0.1, -0.05) is 29.8 Å². The highest BCUT2D eigenvalue weighted by Crippen LogP contribution is 2.37. The first-order valence-electron chi connectivity index (χ1n) is 10.5. The number of benzene rings is 2. The Bertz CT molecular complexity index is 929. The molecule has 1 unspecified atom stereocenters. The number of rotatable bonds is 7. The summed E-state index contributed by atoms with van der Waals surface area (Å²) in [5.41, 5.74) is 3.43. The highest BCUT2D eigenvalue weighted by molar-refractivity contribution is 6.31. The normalized spacial score (nSPS) is 16.9. The van der Waals surface area contributed by atoms with E-state index in [1.807, 2.05) is 35.2 Å². The van der Waals surface area contributed by atoms with Crippen LogP contribution in [0.1, 0.15) is 42.5 Å². The number of hydrogen-bond donors (Lipinski definition) is 0. The van der Waals surface area contributed by atoms with Gasteiger partial charge in [-0.15, -0.1) is 0 Å². The van der Waals surface area contributed by atoms with Crippen LogP contribution in [0.4, 0.5) is 0 Å². The molecule has 2 aromatic carbocycles. The highest BCUT2D eigenvalue weighted by atomic mass is 35.5. The van der Waals surface area contributed by atoms with Gasteiger partial charge >= 0.3 is 0 Å². The summed E-state index contributed by atoms with van der Waals surface area (Å²) in [6.45, 7) is 3.89. The van der Waals surface area contributed by atoms with Gasteiger partial charge in [0.25, 0.3) is 0 Å². The van der Waals surface area contributed by atoms with Gasteiger partial charge in [-0.2, -0.15) is 0 Å². The minimum absolute atomic E-state index is 0.108. The number of hydrogen-bond acceptors (Lipinski definition) is 4. The van der Waals surface area contributed by atoms with Gasteiger partial charge in [0.05, 0.1) is 20.8 Å². The van der Waals surface area contributed by atoms with Crippen molar-refractivity contribution in [1.82, 2.24) is 9.80 Å². The molecule has 1 aliphatic heterocycles. The van der Waals surface area contributed by atoms with Crippen LogP contribution in [-0.2, 0) is 17.8 Å². The van der Waals surface area contributed by atoms with Crippen molar-refractivity contribution in [3.05, 3.63) is 58.1 Å². The van der Waals surface area contributed by atoms with Gasteiger partial charge in [0.15, 0.2) is 11.5 Å². The Morgan fingerprint density at radius 1 is 1.17 bits per heavy atom. The maximum Gasteiger partial charge on any atom is 0.237 e. The van der Waals surface area contributed by atoms with Gasteiger partial charge in [0.2, 0.25) is 5.91 Å². The van der Waals surface area contributed by atoms with E-state index in [1.165, 1.54) is 5.56 Å². The van der Waals surface area contributed by atoms with Gasteiger partial charge < -0.3 is 14.4 Å². The molecule has 0 radical (unpaired) electrons. The molecule has 1 amide bonds. The second-order valence-corrected chi connectivity index (χ2v) is 8.55. The van der Waals surface area contributed by atoms with Gasteiger partial charge in [-0.05, 0) is 61.1 Å². The van der Waals surface area contributed by atoms with Crippen LogP contribution in [0.2, 0.25) is 5.02 Å². The summed E-state index contributed by atoms with van der Waals surface area (Å²) in [7, 11) is 3.29. The SMILES string of the molecule is COc1cc2c(cc1OC)CN(C(=O)CN(C1CC1)C(C)c1ccccc1Cl)CC2. The molecule has 2 aliphatic rings. The van der Waals surface area contributed by atoms with Crippen molar-refractivity contribution in [2.24, 2.45) is 0 Å². The molecule has 0 saturated heterocycles. The summed E-state index contributed by atoms with van der Waals surface area (Å²) >= 11 is 6.44. The van der Waals surface area contributed by atoms with Crippen molar-refractivity contribution >= 4 is 17.5 Å². The summed E-state index contributed by atoms with van der Waals surface area (Å²) < 4.78 is 10.9. The molecule has 0 N–H and O–H groups in total. The van der Waals surface area contributed by atoms with Gasteiger partial charge in [-0.3, -0.25) is 9.69 Å². The zero-order valence-corrected chi connectivity index (χ0v) is 18.6. The molecule has 2 aromatic rings. The molecule has 5 nitrogen and oxygen atoms in total. The number of carbonyl (C=O) groups excluding carboxylic acids is 1. The molecule has 1 fully saturated rings. The first-order chi connectivity index (χ1) is 14.5. The van der Waals surface area contributed by atoms with Crippen molar-refractivity contribution < 1.29 is 14.3 Å². The Morgan fingerprint density at radius 3 is 2.47 bits per heavy atom. The summed E-state index contributed by atoms with van der Waals surface area (Å²) in [4.78, 5) is 17.5. The van der Waals surface area contributed by atoms with E-state index in [4.69, 9.17) is 21.1 Å². The lowest BCUT2D eigenvalue weighted by Crippen LogP contribution is -2.44. The number of fused-ring (bicyclic) bond motifs is 1. The van der Waals surface area contributed by atoms with Crippen LogP contribution in [-0.4, -0.2) is 49.1 Å². The van der Waals surface area contributed by atoms with E-state index in [0.29, 0.717) is 24.9 Å². The number of methoxy groups -OCH3 is 2. The fourth-order valence-electron chi connectivity index (χ4n) is 4.33. The average Bonchev–Trinajstić information content (AvgIpc) is 3.61. The Morgan fingerprint density at radius 2 is 1.83 bits per heavy atom. The molecule has 0 aromatic heterocycles. The molecule has 1 aliphatic carbocycles. The lowest BCUT2D eigenvalue weighted by Gasteiger charge is -2.34. The van der Waals surface area contributed by atoms with E-state index in [0.717, 1.165) is 47.7 Å². The van der Waals surface area contributed by atoms with Crippen molar-refractivity contribution in [3.63, 3.8) is 0 Å². The first-order valence-corrected chi connectivity index (χ1v) is 10.9. The number of amides is 1. The third kappa shape index (κ3) is 4.28. The minimum atomic E-state index is 0.108. The van der Waals surface area contributed by atoms with Crippen LogP contribution in [0.25, 0.3) is 0 Å². The average molecular weight is 429 g/mol. The summed E-state index contributed by atoms with van der Waals surface area (Å²) in [6, 6.07) is 12.5. The lowest BCUT2D eigenvalue weighted by atomic mass is 9.98. The molecule has 30 heavy (non-hydrogen) atoms. The van der Waals surface area contributed by atoms with E-state index < -0.39 is 0 Å². The van der Waals surface area contributed by atoms with Crippen LogP contribution in [0.15, 0.2) is 36.4 Å². The van der Waals surface area contributed by atoms with Crippen LogP contribution in [0, 0.1) is 0 Å². The van der Waals surface area contributed by atoms with Gasteiger partial charge in [-0.25, -0.2) is 0 Å². The molecule has 0 bridgehead atoms. The lowest BCUT2D eigenvalue weighted by molar-refractivity contribution is -0.134. The second kappa shape index (κ2) is 8.86. The van der Waals surface area contributed by atoms with E-state index in [1.54, 1.807) is 14.2 Å². The third-order valence-electron chi connectivity index (χ3n) is 6.26. The number of nitrogens with zero attached hydrogens (tertiary/aromatic N) is 2. The largest absolute Gasteiger partial charge is 0.493 e. The zero-order valence-electron chi connectivity index (χ0n) is 17.9. The molecule has 0 spiro atoms. The summed E-state index contributed by atoms with van der Waals surface area (Å²) in [5.74, 6) is 1.61. The second-order valence-electron chi connectivity index (χ2n) is 8.14. The van der Waals surface area contributed by atoms with E-state index in [9.17, 15) is 4.79 Å². The molecule has 4 rings (SSSR count). The summed E-state index contributed by atoms with van der Waals surface area (Å²) in [6.07, 6.45) is 3.11. The number of ether oxygens (including phenoxy) is 2. The quantitative estimate of drug-likeness (QED) is 0.652. The van der Waals surface area contributed by atoms with Crippen molar-refractivity contribution in [2.75, 3.05) is 27.3 Å². The minimum Gasteiger partial charge on any atom is -0.493 e. The Kier molecular flexibility index (Phi) is 6.21. The maximum atomic E-state index is 13.2. The third-order valence-corrected chi connectivity index (χ3v) is 6.60. The van der Waals surface area contributed by atoms with Crippen molar-refractivity contribution in [3.8, 4) is 11.5 Å². The number of halogens is 1.